The molecule has 0 heterocycles. The second kappa shape index (κ2) is 12.6. The molecule has 2 rings (SSSR count). The number of benzene rings is 1. The Bertz CT molecular complexity index is 1180. The number of nitrogens with two attached hydrogens (primary N) is 1. The van der Waals surface area contributed by atoms with E-state index in [1.165, 1.54) is 30.1 Å². The van der Waals surface area contributed by atoms with Crippen molar-refractivity contribution >= 4 is 15.9 Å². The number of carbonyl (C=O) groups excluding carboxylic acids is 1. The quantitative estimate of drug-likeness (QED) is 0.198. The Morgan fingerprint density at radius 3 is 2.42 bits per heavy atom. The van der Waals surface area contributed by atoms with Crippen LogP contribution < -0.4 is 5.73 Å². The predicted molar refractivity (Wildman–Crippen MR) is 149 cm³/mol. The zero-order valence-electron chi connectivity index (χ0n) is 22.3. The Balaban J connectivity index is 2.16. The number of rotatable bonds is 11. The molecule has 0 aliphatic heterocycles. The molecule has 0 spiro atoms. The molecule has 1 unspecified atom stereocenters. The maximum atomic E-state index is 13.2. The van der Waals surface area contributed by atoms with Crippen LogP contribution in [0.2, 0.25) is 0 Å². The highest BCUT2D eigenvalue weighted by Gasteiger charge is 2.34. The van der Waals surface area contributed by atoms with Gasteiger partial charge in [0.15, 0.2) is 5.78 Å². The molecule has 1 atom stereocenters. The first kappa shape index (κ1) is 29.7. The van der Waals surface area contributed by atoms with E-state index >= 15 is 0 Å². The fourth-order valence-electron chi connectivity index (χ4n) is 4.69. The summed E-state index contributed by atoms with van der Waals surface area (Å²) in [6.07, 6.45) is 15.4. The van der Waals surface area contributed by atoms with E-state index in [0.717, 1.165) is 17.6 Å². The molecule has 0 aromatic heterocycles. The summed E-state index contributed by atoms with van der Waals surface area (Å²) < 4.78 is 31.4. The van der Waals surface area contributed by atoms with Crippen LogP contribution in [0.3, 0.4) is 0 Å². The number of hydrogen-bond acceptors (Lipinski definition) is 4. The number of allylic oxidation sites excluding steroid dienone is 9. The SMILES string of the molecule is CC1=C(/C=C/C(C)=C/C=C/C(C)=C/C(=O)C(N)(CCCS(=O)(=O)O)c2ccccc2)C(C)(C)CCC1. The van der Waals surface area contributed by atoms with Gasteiger partial charge in [-0.05, 0) is 81.1 Å². The van der Waals surface area contributed by atoms with Crippen LogP contribution >= 0.6 is 0 Å². The standard InChI is InChI=1S/C30H41NO4S/c1-23(17-18-27-25(3)14-10-19-29(27,4)5)12-9-13-24(2)22-28(32)30(31,20-11-21-36(33,34)35)26-15-7-6-8-16-26/h6-9,12-13,15-18,22H,10-11,14,19-21,31H2,1-5H3,(H,33,34,35)/b13-9+,18-17+,23-12+,24-22+. The zero-order chi connectivity index (χ0) is 27.0. The molecule has 196 valence electrons. The Morgan fingerprint density at radius 2 is 1.81 bits per heavy atom. The summed E-state index contributed by atoms with van der Waals surface area (Å²) >= 11 is 0. The van der Waals surface area contributed by atoms with Gasteiger partial charge in [-0.2, -0.15) is 8.42 Å². The van der Waals surface area contributed by atoms with Crippen molar-refractivity contribution < 1.29 is 17.8 Å². The summed E-state index contributed by atoms with van der Waals surface area (Å²) in [5.74, 6) is -0.756. The van der Waals surface area contributed by atoms with Crippen LogP contribution in [-0.4, -0.2) is 24.5 Å². The van der Waals surface area contributed by atoms with Crippen LogP contribution in [0, 0.1) is 5.41 Å². The fraction of sp³-hybridized carbons (Fsp3) is 0.433. The molecule has 36 heavy (non-hydrogen) atoms. The third kappa shape index (κ3) is 8.84. The van der Waals surface area contributed by atoms with Gasteiger partial charge in [-0.1, -0.05) is 85.7 Å². The van der Waals surface area contributed by atoms with Crippen molar-refractivity contribution in [2.24, 2.45) is 11.1 Å². The topological polar surface area (TPSA) is 97.5 Å². The molecule has 1 aromatic carbocycles. The molecular weight excluding hydrogens is 470 g/mol. The molecule has 6 heteroatoms. The van der Waals surface area contributed by atoms with E-state index in [2.05, 4.69) is 32.9 Å². The normalized spacial score (nSPS) is 19.2. The van der Waals surface area contributed by atoms with E-state index in [1.807, 2.05) is 38.1 Å². The van der Waals surface area contributed by atoms with E-state index in [0.29, 0.717) is 5.56 Å². The second-order valence-electron chi connectivity index (χ2n) is 10.5. The van der Waals surface area contributed by atoms with Crippen molar-refractivity contribution in [3.63, 3.8) is 0 Å². The summed E-state index contributed by atoms with van der Waals surface area (Å²) in [5, 5.41) is 0. The van der Waals surface area contributed by atoms with E-state index in [9.17, 15) is 13.2 Å². The highest BCUT2D eigenvalue weighted by molar-refractivity contribution is 7.85. The summed E-state index contributed by atoms with van der Waals surface area (Å²) in [4.78, 5) is 13.2. The van der Waals surface area contributed by atoms with Crippen LogP contribution in [-0.2, 0) is 20.5 Å². The van der Waals surface area contributed by atoms with Gasteiger partial charge in [-0.3, -0.25) is 9.35 Å². The average molecular weight is 512 g/mol. The van der Waals surface area contributed by atoms with Crippen molar-refractivity contribution in [1.29, 1.82) is 0 Å². The molecule has 0 amide bonds. The van der Waals surface area contributed by atoms with Crippen LogP contribution in [0.15, 0.2) is 89.1 Å². The van der Waals surface area contributed by atoms with E-state index in [1.54, 1.807) is 24.3 Å². The number of carbonyl (C=O) groups is 1. The highest BCUT2D eigenvalue weighted by atomic mass is 32.2. The molecule has 0 fully saturated rings. The van der Waals surface area contributed by atoms with Gasteiger partial charge >= 0.3 is 0 Å². The summed E-state index contributed by atoms with van der Waals surface area (Å²) in [7, 11) is -4.13. The predicted octanol–water partition coefficient (Wildman–Crippen LogP) is 6.61. The molecule has 1 aliphatic carbocycles. The van der Waals surface area contributed by atoms with Crippen LogP contribution in [0.25, 0.3) is 0 Å². The van der Waals surface area contributed by atoms with Gasteiger partial charge in [0.25, 0.3) is 10.1 Å². The lowest BCUT2D eigenvalue weighted by Gasteiger charge is -2.32. The smallest absolute Gasteiger partial charge is 0.264 e. The molecule has 0 saturated heterocycles. The van der Waals surface area contributed by atoms with Crippen molar-refractivity contribution in [3.05, 3.63) is 94.6 Å². The third-order valence-corrected chi connectivity index (χ3v) is 7.64. The van der Waals surface area contributed by atoms with E-state index in [-0.39, 0.29) is 24.0 Å². The molecular formula is C30H41NO4S. The van der Waals surface area contributed by atoms with Crippen molar-refractivity contribution in [2.45, 2.75) is 72.3 Å². The lowest BCUT2D eigenvalue weighted by atomic mass is 9.72. The highest BCUT2D eigenvalue weighted by Crippen LogP contribution is 2.40. The van der Waals surface area contributed by atoms with Crippen molar-refractivity contribution in [3.8, 4) is 0 Å². The summed E-state index contributed by atoms with van der Waals surface area (Å²) in [5.41, 5.74) is 10.7. The molecule has 3 N–H and O–H groups in total. The molecule has 0 saturated carbocycles. The average Bonchev–Trinajstić information content (AvgIpc) is 2.77. The van der Waals surface area contributed by atoms with Gasteiger partial charge in [0, 0.05) is 0 Å². The van der Waals surface area contributed by atoms with E-state index < -0.39 is 21.4 Å². The maximum Gasteiger partial charge on any atom is 0.264 e. The summed E-state index contributed by atoms with van der Waals surface area (Å²) in [6, 6.07) is 8.92. The van der Waals surface area contributed by atoms with Crippen LogP contribution in [0.4, 0.5) is 0 Å². The molecule has 0 radical (unpaired) electrons. The van der Waals surface area contributed by atoms with Crippen LogP contribution in [0.5, 0.6) is 0 Å². The van der Waals surface area contributed by atoms with E-state index in [4.69, 9.17) is 10.3 Å². The molecule has 5 nitrogen and oxygen atoms in total. The lowest BCUT2D eigenvalue weighted by Crippen LogP contribution is -2.44. The van der Waals surface area contributed by atoms with Gasteiger partial charge in [-0.15, -0.1) is 0 Å². The fourth-order valence-corrected chi connectivity index (χ4v) is 5.20. The lowest BCUT2D eigenvalue weighted by molar-refractivity contribution is -0.120. The zero-order valence-corrected chi connectivity index (χ0v) is 23.1. The first-order valence-electron chi connectivity index (χ1n) is 12.5. The van der Waals surface area contributed by atoms with Crippen LogP contribution in [0.1, 0.15) is 72.3 Å². The van der Waals surface area contributed by atoms with Gasteiger partial charge in [-0.25, -0.2) is 0 Å². The number of ketones is 1. The third-order valence-electron chi connectivity index (χ3n) is 6.83. The van der Waals surface area contributed by atoms with Gasteiger partial charge in [0.1, 0.15) is 5.54 Å². The first-order chi connectivity index (χ1) is 16.7. The van der Waals surface area contributed by atoms with Gasteiger partial charge < -0.3 is 5.73 Å². The first-order valence-corrected chi connectivity index (χ1v) is 14.1. The van der Waals surface area contributed by atoms with Gasteiger partial charge in [0.05, 0.1) is 5.75 Å². The van der Waals surface area contributed by atoms with Crippen molar-refractivity contribution in [1.82, 2.24) is 0 Å². The maximum absolute atomic E-state index is 13.2. The Hall–Kier alpha value is -2.54. The summed E-state index contributed by atoms with van der Waals surface area (Å²) in [6.45, 7) is 10.7. The molecule has 1 aliphatic rings. The Labute approximate surface area is 217 Å². The largest absolute Gasteiger partial charge is 0.315 e. The minimum atomic E-state index is -4.13. The van der Waals surface area contributed by atoms with Gasteiger partial charge in [0.2, 0.25) is 0 Å². The Morgan fingerprint density at radius 1 is 1.14 bits per heavy atom. The second-order valence-corrected chi connectivity index (χ2v) is 12.1. The molecule has 0 bridgehead atoms. The minimum Gasteiger partial charge on any atom is -0.315 e. The monoisotopic (exact) mass is 511 g/mol. The molecule has 1 aromatic rings. The minimum absolute atomic E-state index is 0.0691. The Kier molecular flexibility index (Phi) is 10.4. The van der Waals surface area contributed by atoms with Crippen molar-refractivity contribution in [2.75, 3.05) is 5.75 Å². The number of hydrogen-bond donors (Lipinski definition) is 2.